The summed E-state index contributed by atoms with van der Waals surface area (Å²) in [4.78, 5) is 40.3. The quantitative estimate of drug-likeness (QED) is 0.334. The van der Waals surface area contributed by atoms with Crippen molar-refractivity contribution in [2.75, 3.05) is 13.1 Å². The number of nitrogens with one attached hydrogen (secondary N) is 1. The van der Waals surface area contributed by atoms with E-state index in [0.29, 0.717) is 30.8 Å². The molecular formula is C28H25F4N5O5. The van der Waals surface area contributed by atoms with E-state index < -0.39 is 29.9 Å². The summed E-state index contributed by atoms with van der Waals surface area (Å²) in [5.74, 6) is -2.50. The molecule has 220 valence electrons. The number of imide groups is 1. The molecule has 1 N–H and O–H groups in total. The maximum absolute atomic E-state index is 13.8. The highest BCUT2D eigenvalue weighted by atomic mass is 19.4. The van der Waals surface area contributed by atoms with E-state index in [-0.39, 0.29) is 36.6 Å². The van der Waals surface area contributed by atoms with Crippen LogP contribution in [0.1, 0.15) is 40.7 Å². The van der Waals surface area contributed by atoms with Gasteiger partial charge in [0.25, 0.3) is 5.91 Å². The Morgan fingerprint density at radius 3 is 2.69 bits per heavy atom. The number of benzene rings is 2. The summed E-state index contributed by atoms with van der Waals surface area (Å²) in [7, 11) is 0. The monoisotopic (exact) mass is 587 g/mol. The number of hydrogen-bond acceptors (Lipinski definition) is 7. The van der Waals surface area contributed by atoms with Crippen LogP contribution in [-0.2, 0) is 22.7 Å². The van der Waals surface area contributed by atoms with Gasteiger partial charge in [-0.25, -0.2) is 9.07 Å². The van der Waals surface area contributed by atoms with Gasteiger partial charge >= 0.3 is 6.36 Å². The Kier molecular flexibility index (Phi) is 7.09. The maximum Gasteiger partial charge on any atom is 0.573 e. The van der Waals surface area contributed by atoms with Crippen molar-refractivity contribution in [3.05, 3.63) is 71.3 Å². The summed E-state index contributed by atoms with van der Waals surface area (Å²) in [6.45, 7) is 2.13. The third-order valence-electron chi connectivity index (χ3n) is 7.47. The number of halogens is 4. The van der Waals surface area contributed by atoms with Crippen molar-refractivity contribution >= 4 is 17.7 Å². The van der Waals surface area contributed by atoms with Gasteiger partial charge in [-0.3, -0.25) is 24.6 Å². The van der Waals surface area contributed by atoms with Crippen LogP contribution in [0.3, 0.4) is 0 Å². The molecule has 0 spiro atoms. The first kappa shape index (κ1) is 27.7. The number of nitrogens with zero attached hydrogens (tertiary/aromatic N) is 4. The molecule has 3 amide bonds. The molecule has 0 aliphatic carbocycles. The minimum Gasteiger partial charge on any atom is -0.489 e. The maximum atomic E-state index is 13.8. The first-order valence-corrected chi connectivity index (χ1v) is 13.3. The molecule has 0 radical (unpaired) electrons. The SMILES string of the molecule is O=C1CCC(N2Cc3cc(O[C@H]4CCN(Cc5cnn(-c6ccc(F)c(OC(F)(F)F)c6)c5)C4)ccc3C2=O)C(=O)N1. The minimum absolute atomic E-state index is 0.111. The number of fused-ring (bicyclic) bond motifs is 1. The fourth-order valence-electron chi connectivity index (χ4n) is 5.53. The lowest BCUT2D eigenvalue weighted by molar-refractivity contribution is -0.275. The van der Waals surface area contributed by atoms with Crippen molar-refractivity contribution in [1.29, 1.82) is 0 Å². The van der Waals surface area contributed by atoms with E-state index in [0.717, 1.165) is 36.2 Å². The van der Waals surface area contributed by atoms with Crippen molar-refractivity contribution in [3.63, 3.8) is 0 Å². The lowest BCUT2D eigenvalue weighted by Gasteiger charge is -2.29. The van der Waals surface area contributed by atoms with Crippen LogP contribution in [0.2, 0.25) is 0 Å². The number of hydrogen-bond donors (Lipinski definition) is 1. The average Bonchev–Trinajstić information content (AvgIpc) is 3.65. The number of likely N-dealkylation sites (tertiary alicyclic amines) is 1. The number of carbonyl (C=O) groups excluding carboxylic acids is 3. The number of piperidine rings is 1. The third kappa shape index (κ3) is 5.79. The number of aromatic nitrogens is 2. The highest BCUT2D eigenvalue weighted by Crippen LogP contribution is 2.32. The molecule has 10 nitrogen and oxygen atoms in total. The molecule has 0 saturated carbocycles. The zero-order valence-electron chi connectivity index (χ0n) is 22.1. The van der Waals surface area contributed by atoms with Crippen LogP contribution in [0.25, 0.3) is 5.69 Å². The fraction of sp³-hybridized carbons (Fsp3) is 0.357. The first-order valence-electron chi connectivity index (χ1n) is 13.3. The lowest BCUT2D eigenvalue weighted by atomic mass is 10.0. The predicted molar refractivity (Wildman–Crippen MR) is 137 cm³/mol. The van der Waals surface area contributed by atoms with Gasteiger partial charge in [-0.05, 0) is 48.7 Å². The number of rotatable bonds is 7. The Morgan fingerprint density at radius 1 is 1.07 bits per heavy atom. The Balaban J connectivity index is 1.05. The van der Waals surface area contributed by atoms with Crippen LogP contribution < -0.4 is 14.8 Å². The number of amides is 3. The van der Waals surface area contributed by atoms with Gasteiger partial charge in [-0.15, -0.1) is 13.2 Å². The van der Waals surface area contributed by atoms with Crippen molar-refractivity contribution in [1.82, 2.24) is 24.9 Å². The molecule has 2 saturated heterocycles. The van der Waals surface area contributed by atoms with Crippen LogP contribution in [0.5, 0.6) is 11.5 Å². The fourth-order valence-corrected chi connectivity index (χ4v) is 5.53. The zero-order chi connectivity index (χ0) is 29.6. The number of alkyl halides is 3. The van der Waals surface area contributed by atoms with Gasteiger partial charge in [0.1, 0.15) is 17.9 Å². The summed E-state index contributed by atoms with van der Waals surface area (Å²) >= 11 is 0. The summed E-state index contributed by atoms with van der Waals surface area (Å²) in [6.07, 6.45) is -0.645. The van der Waals surface area contributed by atoms with Crippen molar-refractivity contribution in [2.45, 2.75) is 50.9 Å². The van der Waals surface area contributed by atoms with Gasteiger partial charge in [-0.2, -0.15) is 5.10 Å². The molecule has 0 bridgehead atoms. The van der Waals surface area contributed by atoms with Crippen LogP contribution in [0.15, 0.2) is 48.8 Å². The van der Waals surface area contributed by atoms with Gasteiger partial charge in [0, 0.05) is 56.0 Å². The van der Waals surface area contributed by atoms with E-state index in [2.05, 4.69) is 20.1 Å². The molecule has 3 aliphatic heterocycles. The van der Waals surface area contributed by atoms with Crippen LogP contribution in [0, 0.1) is 5.82 Å². The highest BCUT2D eigenvalue weighted by Gasteiger charge is 2.39. The Labute approximate surface area is 236 Å². The highest BCUT2D eigenvalue weighted by molar-refractivity contribution is 6.05. The molecule has 4 heterocycles. The van der Waals surface area contributed by atoms with E-state index in [1.54, 1.807) is 24.5 Å². The second-order valence-electron chi connectivity index (χ2n) is 10.4. The van der Waals surface area contributed by atoms with Crippen LogP contribution in [-0.4, -0.2) is 68.9 Å². The molecule has 3 aliphatic rings. The van der Waals surface area contributed by atoms with Gasteiger partial charge in [0.05, 0.1) is 11.9 Å². The van der Waals surface area contributed by atoms with Gasteiger partial charge in [0.15, 0.2) is 11.6 Å². The summed E-state index contributed by atoms with van der Waals surface area (Å²) in [5, 5.41) is 6.49. The van der Waals surface area contributed by atoms with E-state index in [9.17, 15) is 31.9 Å². The molecule has 42 heavy (non-hydrogen) atoms. The molecule has 6 rings (SSSR count). The van der Waals surface area contributed by atoms with Gasteiger partial charge in [-0.1, -0.05) is 0 Å². The summed E-state index contributed by atoms with van der Waals surface area (Å²) in [5.41, 5.74) is 2.29. The Hall–Kier alpha value is -4.46. The van der Waals surface area contributed by atoms with Crippen molar-refractivity contribution < 1.29 is 41.4 Å². The standard InChI is InChI=1S/C28H25F4N5O5/c29-22-4-1-18(10-24(22)42-28(30,31)32)37-13-16(11-33-37)12-35-8-7-20(15-35)41-19-2-3-21-17(9-19)14-36(27(21)40)23-5-6-25(38)34-26(23)39/h1-4,9-11,13,20,23H,5-8,12,14-15H2,(H,34,38,39)/t20-,23?/m0/s1. The molecule has 14 heteroatoms. The summed E-state index contributed by atoms with van der Waals surface area (Å²) < 4.78 is 62.8. The van der Waals surface area contributed by atoms with Crippen molar-refractivity contribution in [3.8, 4) is 17.2 Å². The first-order chi connectivity index (χ1) is 20.0. The largest absolute Gasteiger partial charge is 0.573 e. The van der Waals surface area contributed by atoms with E-state index in [1.165, 1.54) is 15.6 Å². The average molecular weight is 588 g/mol. The predicted octanol–water partition coefficient (Wildman–Crippen LogP) is 3.32. The van der Waals surface area contributed by atoms with E-state index >= 15 is 0 Å². The minimum atomic E-state index is -5.02. The smallest absolute Gasteiger partial charge is 0.489 e. The van der Waals surface area contributed by atoms with Crippen LogP contribution >= 0.6 is 0 Å². The molecule has 2 atom stereocenters. The van der Waals surface area contributed by atoms with E-state index in [4.69, 9.17) is 4.74 Å². The van der Waals surface area contributed by atoms with Gasteiger partial charge in [0.2, 0.25) is 11.8 Å². The van der Waals surface area contributed by atoms with E-state index in [1.807, 2.05) is 6.07 Å². The Morgan fingerprint density at radius 2 is 1.90 bits per heavy atom. The second-order valence-corrected chi connectivity index (χ2v) is 10.4. The topological polar surface area (TPSA) is 106 Å². The second kappa shape index (κ2) is 10.7. The normalized spacial score (nSPS) is 21.0. The molecule has 2 fully saturated rings. The number of carbonyl (C=O) groups is 3. The molecule has 1 aromatic heterocycles. The molecule has 1 unspecified atom stereocenters. The number of ether oxygens (including phenoxy) is 2. The molecule has 3 aromatic rings. The molecular weight excluding hydrogens is 562 g/mol. The molecule has 2 aromatic carbocycles. The van der Waals surface area contributed by atoms with Crippen LogP contribution in [0.4, 0.5) is 17.6 Å². The van der Waals surface area contributed by atoms with Crippen molar-refractivity contribution in [2.24, 2.45) is 0 Å². The van der Waals surface area contributed by atoms with Gasteiger partial charge < -0.3 is 14.4 Å². The lowest BCUT2D eigenvalue weighted by Crippen LogP contribution is -2.52. The Bertz CT molecular complexity index is 1560. The zero-order valence-corrected chi connectivity index (χ0v) is 22.1. The third-order valence-corrected chi connectivity index (χ3v) is 7.47. The summed E-state index contributed by atoms with van der Waals surface area (Å²) in [6, 6.07) is 7.69.